The van der Waals surface area contributed by atoms with Gasteiger partial charge in [0.15, 0.2) is 0 Å². The highest BCUT2D eigenvalue weighted by atomic mass is 79.9. The van der Waals surface area contributed by atoms with Gasteiger partial charge in [0.05, 0.1) is 19.4 Å². The molecule has 0 aliphatic carbocycles. The topological polar surface area (TPSA) is 53.3 Å². The minimum absolute atomic E-state index is 0.161. The lowest BCUT2D eigenvalue weighted by molar-refractivity contribution is 0.0514. The SMILES string of the molecule is CCOC(=O)c1nc(CC)n(-c2ccc(Br)cc2OC)c1F. The number of esters is 1. The number of imidazole rings is 1. The van der Waals surface area contributed by atoms with Gasteiger partial charge in [0.2, 0.25) is 11.6 Å². The third kappa shape index (κ3) is 2.99. The number of ether oxygens (including phenoxy) is 2. The van der Waals surface area contributed by atoms with E-state index in [1.165, 1.54) is 11.7 Å². The van der Waals surface area contributed by atoms with E-state index in [1.54, 1.807) is 25.1 Å². The van der Waals surface area contributed by atoms with Crippen LogP contribution in [0.1, 0.15) is 30.2 Å². The van der Waals surface area contributed by atoms with Gasteiger partial charge in [-0.05, 0) is 25.1 Å². The molecule has 0 saturated heterocycles. The first-order valence-corrected chi connectivity index (χ1v) is 7.60. The van der Waals surface area contributed by atoms with Gasteiger partial charge in [-0.2, -0.15) is 4.39 Å². The fourth-order valence-electron chi connectivity index (χ4n) is 2.09. The number of hydrogen-bond acceptors (Lipinski definition) is 4. The van der Waals surface area contributed by atoms with Crippen LogP contribution < -0.4 is 4.74 Å². The summed E-state index contributed by atoms with van der Waals surface area (Å²) in [5, 5.41) is 0. The zero-order valence-electron chi connectivity index (χ0n) is 12.5. The molecule has 0 aliphatic heterocycles. The van der Waals surface area contributed by atoms with E-state index in [0.717, 1.165) is 4.47 Å². The first kappa shape index (κ1) is 16.5. The van der Waals surface area contributed by atoms with Crippen LogP contribution >= 0.6 is 15.9 Å². The van der Waals surface area contributed by atoms with E-state index >= 15 is 0 Å². The van der Waals surface area contributed by atoms with Gasteiger partial charge in [-0.25, -0.2) is 9.78 Å². The number of benzene rings is 1. The van der Waals surface area contributed by atoms with Crippen LogP contribution in [0.5, 0.6) is 5.75 Å². The Labute approximate surface area is 136 Å². The number of methoxy groups -OCH3 is 1. The van der Waals surface area contributed by atoms with Crippen LogP contribution in [0.25, 0.3) is 5.69 Å². The standard InChI is InChI=1S/C15H16BrFN2O3/c1-4-12-18-13(15(20)22-5-2)14(17)19(12)10-7-6-9(16)8-11(10)21-3/h6-8H,4-5H2,1-3H3. The number of carbonyl (C=O) groups excluding carboxylic acids is 1. The molecule has 1 heterocycles. The summed E-state index contributed by atoms with van der Waals surface area (Å²) in [7, 11) is 1.50. The van der Waals surface area contributed by atoms with Crippen molar-refractivity contribution in [3.05, 3.63) is 40.1 Å². The largest absolute Gasteiger partial charge is 0.495 e. The minimum Gasteiger partial charge on any atom is -0.495 e. The van der Waals surface area contributed by atoms with E-state index in [2.05, 4.69) is 20.9 Å². The molecule has 0 spiro atoms. The number of nitrogens with zero attached hydrogens (tertiary/aromatic N) is 2. The summed E-state index contributed by atoms with van der Waals surface area (Å²) < 4.78 is 26.9. The van der Waals surface area contributed by atoms with E-state index in [4.69, 9.17) is 9.47 Å². The van der Waals surface area contributed by atoms with Gasteiger partial charge >= 0.3 is 5.97 Å². The maximum Gasteiger partial charge on any atom is 0.361 e. The van der Waals surface area contributed by atoms with Crippen LogP contribution in [0.4, 0.5) is 4.39 Å². The van der Waals surface area contributed by atoms with Crippen molar-refractivity contribution in [2.45, 2.75) is 20.3 Å². The number of aromatic nitrogens is 2. The molecule has 0 radical (unpaired) electrons. The summed E-state index contributed by atoms with van der Waals surface area (Å²) in [6, 6.07) is 5.18. The molecule has 0 fully saturated rings. The number of rotatable bonds is 5. The molecule has 0 unspecified atom stereocenters. The van der Waals surface area contributed by atoms with Crippen molar-refractivity contribution in [1.82, 2.24) is 9.55 Å². The zero-order valence-corrected chi connectivity index (χ0v) is 14.1. The monoisotopic (exact) mass is 370 g/mol. The van der Waals surface area contributed by atoms with Crippen molar-refractivity contribution in [3.63, 3.8) is 0 Å². The van der Waals surface area contributed by atoms with Crippen molar-refractivity contribution in [2.24, 2.45) is 0 Å². The molecule has 2 rings (SSSR count). The summed E-state index contributed by atoms with van der Waals surface area (Å²) in [5.41, 5.74) is 0.159. The fraction of sp³-hybridized carbons (Fsp3) is 0.333. The Morgan fingerprint density at radius 1 is 1.41 bits per heavy atom. The van der Waals surface area contributed by atoms with E-state index in [1.807, 2.05) is 6.92 Å². The van der Waals surface area contributed by atoms with Gasteiger partial charge in [0.1, 0.15) is 11.6 Å². The molecule has 118 valence electrons. The Morgan fingerprint density at radius 3 is 2.73 bits per heavy atom. The van der Waals surface area contributed by atoms with Crippen LogP contribution in [0.15, 0.2) is 22.7 Å². The lowest BCUT2D eigenvalue weighted by Crippen LogP contribution is -2.09. The molecule has 1 aromatic carbocycles. The van der Waals surface area contributed by atoms with E-state index < -0.39 is 11.9 Å². The predicted molar refractivity (Wildman–Crippen MR) is 83.1 cm³/mol. The van der Waals surface area contributed by atoms with Crippen molar-refractivity contribution >= 4 is 21.9 Å². The number of carbonyl (C=O) groups is 1. The summed E-state index contributed by atoms with van der Waals surface area (Å²) in [6.45, 7) is 3.65. The van der Waals surface area contributed by atoms with Crippen molar-refractivity contribution in [1.29, 1.82) is 0 Å². The number of aryl methyl sites for hydroxylation is 1. The van der Waals surface area contributed by atoms with Gasteiger partial charge in [-0.1, -0.05) is 22.9 Å². The molecule has 0 saturated carbocycles. The molecule has 0 bridgehead atoms. The highest BCUT2D eigenvalue weighted by molar-refractivity contribution is 9.10. The number of halogens is 2. The molecular weight excluding hydrogens is 355 g/mol. The second-order valence-electron chi connectivity index (χ2n) is 4.39. The van der Waals surface area contributed by atoms with Crippen molar-refractivity contribution in [3.8, 4) is 11.4 Å². The predicted octanol–water partition coefficient (Wildman–Crippen LogP) is 3.52. The summed E-state index contributed by atoms with van der Waals surface area (Å²) in [6.07, 6.45) is 0.454. The highest BCUT2D eigenvalue weighted by Gasteiger charge is 2.25. The van der Waals surface area contributed by atoms with Gasteiger partial charge in [-0.3, -0.25) is 4.57 Å². The smallest absolute Gasteiger partial charge is 0.361 e. The maximum atomic E-state index is 14.7. The van der Waals surface area contributed by atoms with Crippen LogP contribution in [-0.4, -0.2) is 29.2 Å². The van der Waals surface area contributed by atoms with Crippen molar-refractivity contribution in [2.75, 3.05) is 13.7 Å². The van der Waals surface area contributed by atoms with E-state index in [9.17, 15) is 9.18 Å². The lowest BCUT2D eigenvalue weighted by Gasteiger charge is -2.12. The Morgan fingerprint density at radius 2 is 2.14 bits per heavy atom. The van der Waals surface area contributed by atoms with Gasteiger partial charge in [-0.15, -0.1) is 0 Å². The zero-order chi connectivity index (χ0) is 16.3. The normalized spacial score (nSPS) is 10.6. The molecule has 5 nitrogen and oxygen atoms in total. The van der Waals surface area contributed by atoms with Crippen LogP contribution in [0.3, 0.4) is 0 Å². The molecule has 0 atom stereocenters. The summed E-state index contributed by atoms with van der Waals surface area (Å²) in [5.74, 6) is -0.641. The van der Waals surface area contributed by atoms with E-state index in [0.29, 0.717) is 23.7 Å². The maximum absolute atomic E-state index is 14.7. The fourth-order valence-corrected chi connectivity index (χ4v) is 2.43. The molecule has 0 amide bonds. The quantitative estimate of drug-likeness (QED) is 0.755. The molecule has 22 heavy (non-hydrogen) atoms. The third-order valence-corrected chi connectivity index (χ3v) is 3.55. The molecule has 2 aromatic rings. The lowest BCUT2D eigenvalue weighted by atomic mass is 10.2. The molecular formula is C15H16BrFN2O3. The summed E-state index contributed by atoms with van der Waals surface area (Å²) >= 11 is 3.34. The Hall–Kier alpha value is -1.89. The van der Waals surface area contributed by atoms with E-state index in [-0.39, 0.29) is 12.3 Å². The molecule has 0 N–H and O–H groups in total. The van der Waals surface area contributed by atoms with Gasteiger partial charge in [0.25, 0.3) is 0 Å². The third-order valence-electron chi connectivity index (χ3n) is 3.06. The number of hydrogen-bond donors (Lipinski definition) is 0. The first-order valence-electron chi connectivity index (χ1n) is 6.81. The molecule has 7 heteroatoms. The minimum atomic E-state index is -0.774. The second-order valence-corrected chi connectivity index (χ2v) is 5.31. The van der Waals surface area contributed by atoms with Crippen LogP contribution in [0, 0.1) is 5.95 Å². The van der Waals surface area contributed by atoms with Gasteiger partial charge in [0, 0.05) is 10.9 Å². The summed E-state index contributed by atoms with van der Waals surface area (Å²) in [4.78, 5) is 15.9. The molecule has 0 aliphatic rings. The van der Waals surface area contributed by atoms with Gasteiger partial charge < -0.3 is 9.47 Å². The Balaban J connectivity index is 2.62. The Kier molecular flexibility index (Phi) is 5.18. The van der Waals surface area contributed by atoms with Crippen molar-refractivity contribution < 1.29 is 18.7 Å². The average molecular weight is 371 g/mol. The first-order chi connectivity index (χ1) is 10.5. The average Bonchev–Trinajstić information content (AvgIpc) is 2.84. The Bertz CT molecular complexity index is 700. The second kappa shape index (κ2) is 6.91. The van der Waals surface area contributed by atoms with Crippen LogP contribution in [-0.2, 0) is 11.2 Å². The highest BCUT2D eigenvalue weighted by Crippen LogP contribution is 2.29. The molecule has 1 aromatic heterocycles. The van der Waals surface area contributed by atoms with Crippen LogP contribution in [0.2, 0.25) is 0 Å².